The SMILES string of the molecule is COc1ccc(F)cc1C(=O)c1cnc(NC2CCN(S(=O)(=O)CCCCCl)CC2)nc1N.COc1ccc(F)cc1C(=O)c1cnc(NC2CCN(S(=O)(=O)CCCCNCC(C)O)CC2)nc1N. The van der Waals surface area contributed by atoms with Crippen molar-refractivity contribution >= 4 is 66.7 Å². The van der Waals surface area contributed by atoms with E-state index in [0.717, 1.165) is 12.1 Å². The third kappa shape index (κ3) is 15.8. The maximum Gasteiger partial charge on any atom is 0.224 e. The summed E-state index contributed by atoms with van der Waals surface area (Å²) < 4.78 is 90.8. The fourth-order valence-corrected chi connectivity index (χ4v) is 11.1. The highest BCUT2D eigenvalue weighted by molar-refractivity contribution is 7.89. The van der Waals surface area contributed by atoms with Gasteiger partial charge in [0.15, 0.2) is 0 Å². The second-order valence-electron chi connectivity index (χ2n) is 16.8. The predicted octanol–water partition coefficient (Wildman–Crippen LogP) is 4.06. The first-order chi connectivity index (χ1) is 33.3. The predicted molar refractivity (Wildman–Crippen MR) is 263 cm³/mol. The molecule has 384 valence electrons. The van der Waals surface area contributed by atoms with Crippen molar-refractivity contribution in [1.29, 1.82) is 0 Å². The van der Waals surface area contributed by atoms with Crippen LogP contribution in [0.2, 0.25) is 0 Å². The number of ketones is 2. The summed E-state index contributed by atoms with van der Waals surface area (Å²) in [6.45, 7) is 4.40. The number of ether oxygens (including phenoxy) is 2. The molecule has 2 aromatic heterocycles. The minimum atomic E-state index is -3.34. The summed E-state index contributed by atoms with van der Waals surface area (Å²) in [5.74, 6) is -0.856. The molecule has 70 heavy (non-hydrogen) atoms. The summed E-state index contributed by atoms with van der Waals surface area (Å²) in [4.78, 5) is 42.4. The molecule has 2 aliphatic rings. The second kappa shape index (κ2) is 26.2. The van der Waals surface area contributed by atoms with Crippen LogP contribution in [-0.4, -0.2) is 151 Å². The number of nitrogen functional groups attached to an aromatic ring is 2. The molecule has 2 saturated heterocycles. The number of rotatable bonds is 23. The van der Waals surface area contributed by atoms with Gasteiger partial charge in [-0.2, -0.15) is 9.97 Å². The number of methoxy groups -OCH3 is 2. The van der Waals surface area contributed by atoms with Crippen molar-refractivity contribution in [2.45, 2.75) is 76.5 Å². The lowest BCUT2D eigenvalue weighted by Gasteiger charge is -2.31. The Kier molecular flexibility index (Phi) is 20.8. The zero-order chi connectivity index (χ0) is 51.0. The van der Waals surface area contributed by atoms with Crippen LogP contribution in [0, 0.1) is 11.6 Å². The standard InChI is InChI=1S/C24H35FN6O5S.C21H27ClFN5O4S/c1-16(32)14-27-9-3-4-12-37(34,35)31-10-7-18(8-11-31)29-24-28-15-20(23(26)30-24)22(33)19-13-17(25)5-6-21(19)36-2;1-32-18-5-4-14(23)12-16(18)19(29)17-13-25-21(27-20(17)24)26-15-6-9-28(10-7-15)33(30,31)11-3-2-8-22/h5-6,13,15-16,18,27,32H,3-4,7-12,14H2,1-2H3,(H3,26,28,29,30);4-5,12-13,15H,2-3,6-11H2,1H3,(H3,24,25,26,27). The summed E-state index contributed by atoms with van der Waals surface area (Å²) in [7, 11) is -3.86. The molecule has 25 heteroatoms. The maximum atomic E-state index is 13.7. The van der Waals surface area contributed by atoms with Crippen LogP contribution in [0.5, 0.6) is 11.5 Å². The van der Waals surface area contributed by atoms with Crippen LogP contribution >= 0.6 is 11.6 Å². The molecule has 0 amide bonds. The summed E-state index contributed by atoms with van der Waals surface area (Å²) in [6.07, 6.45) is 6.93. The van der Waals surface area contributed by atoms with E-state index in [1.807, 2.05) is 0 Å². The van der Waals surface area contributed by atoms with Gasteiger partial charge >= 0.3 is 0 Å². The summed E-state index contributed by atoms with van der Waals surface area (Å²) in [5.41, 5.74) is 12.1. The van der Waals surface area contributed by atoms with E-state index >= 15 is 0 Å². The van der Waals surface area contributed by atoms with Gasteiger partial charge in [-0.15, -0.1) is 11.6 Å². The van der Waals surface area contributed by atoms with E-state index in [1.54, 1.807) is 6.92 Å². The number of aliphatic hydroxyl groups is 1. The van der Waals surface area contributed by atoms with E-state index < -0.39 is 49.4 Å². The van der Waals surface area contributed by atoms with Gasteiger partial charge in [0, 0.05) is 63.1 Å². The van der Waals surface area contributed by atoms with Gasteiger partial charge in [0.05, 0.1) is 54.1 Å². The summed E-state index contributed by atoms with van der Waals surface area (Å²) in [6, 6.07) is 7.16. The monoisotopic (exact) mass is 1040 g/mol. The Morgan fingerprint density at radius 3 is 1.51 bits per heavy atom. The van der Waals surface area contributed by atoms with E-state index in [1.165, 1.54) is 59.5 Å². The number of aromatic nitrogens is 4. The Hall–Kier alpha value is -5.37. The highest BCUT2D eigenvalue weighted by atomic mass is 35.5. The highest BCUT2D eigenvalue weighted by Gasteiger charge is 2.30. The largest absolute Gasteiger partial charge is 0.496 e. The maximum absolute atomic E-state index is 13.7. The fraction of sp³-hybridized carbons (Fsp3) is 0.511. The second-order valence-corrected chi connectivity index (χ2v) is 21.3. The summed E-state index contributed by atoms with van der Waals surface area (Å²) >= 11 is 5.62. The van der Waals surface area contributed by atoms with Crippen LogP contribution in [0.3, 0.4) is 0 Å². The van der Waals surface area contributed by atoms with Crippen molar-refractivity contribution in [3.63, 3.8) is 0 Å². The molecule has 2 fully saturated rings. The third-order valence-corrected chi connectivity index (χ3v) is 15.7. The fourth-order valence-electron chi connectivity index (χ4n) is 7.69. The van der Waals surface area contributed by atoms with Crippen LogP contribution in [0.1, 0.15) is 90.1 Å². The number of alkyl halides is 1. The van der Waals surface area contributed by atoms with Gasteiger partial charge in [-0.3, -0.25) is 9.59 Å². The minimum Gasteiger partial charge on any atom is -0.496 e. The van der Waals surface area contributed by atoms with Crippen molar-refractivity contribution in [3.05, 3.63) is 82.7 Å². The molecule has 0 spiro atoms. The number of piperidine rings is 2. The van der Waals surface area contributed by atoms with E-state index in [0.29, 0.717) is 96.5 Å². The molecule has 6 rings (SSSR count). The molecule has 0 aliphatic carbocycles. The number of benzene rings is 2. The zero-order valence-corrected chi connectivity index (χ0v) is 41.8. The normalized spacial score (nSPS) is 15.6. The number of halogens is 3. The van der Waals surface area contributed by atoms with E-state index in [-0.39, 0.29) is 80.9 Å². The molecule has 0 bridgehead atoms. The molecular weight excluding hydrogens is 976 g/mol. The Morgan fingerprint density at radius 2 is 1.14 bits per heavy atom. The van der Waals surface area contributed by atoms with Crippen molar-refractivity contribution < 1.29 is 49.8 Å². The molecule has 8 N–H and O–H groups in total. The number of nitrogens with one attached hydrogen (secondary N) is 3. The number of unbranched alkanes of at least 4 members (excludes halogenated alkanes) is 2. The molecule has 1 atom stereocenters. The van der Waals surface area contributed by atoms with Gasteiger partial charge in [0.25, 0.3) is 0 Å². The molecule has 2 aliphatic heterocycles. The molecule has 4 heterocycles. The van der Waals surface area contributed by atoms with Crippen molar-refractivity contribution in [1.82, 2.24) is 33.9 Å². The number of aliphatic hydroxyl groups excluding tert-OH is 1. The van der Waals surface area contributed by atoms with Gasteiger partial charge in [0.1, 0.15) is 34.8 Å². The lowest BCUT2D eigenvalue weighted by atomic mass is 10.0. The third-order valence-electron chi connectivity index (χ3n) is 11.5. The molecule has 0 radical (unpaired) electrons. The first-order valence-corrected chi connectivity index (χ1v) is 26.6. The Bertz CT molecular complexity index is 2620. The lowest BCUT2D eigenvalue weighted by Crippen LogP contribution is -2.43. The van der Waals surface area contributed by atoms with Crippen LogP contribution in [0.25, 0.3) is 0 Å². The molecule has 1 unspecified atom stereocenters. The number of nitrogens with two attached hydrogens (primary N) is 2. The van der Waals surface area contributed by atoms with Gasteiger partial charge in [-0.25, -0.2) is 44.2 Å². The minimum absolute atomic E-state index is 0.0168. The first-order valence-electron chi connectivity index (χ1n) is 22.8. The Balaban J connectivity index is 0.000000262. The first kappa shape index (κ1) is 55.6. The molecule has 4 aromatic rings. The van der Waals surface area contributed by atoms with Crippen LogP contribution in [-0.2, 0) is 20.0 Å². The summed E-state index contributed by atoms with van der Waals surface area (Å²) in [5, 5.41) is 18.6. The van der Waals surface area contributed by atoms with Gasteiger partial charge in [0.2, 0.25) is 43.5 Å². The lowest BCUT2D eigenvalue weighted by molar-refractivity contribution is 0.102. The number of hydrogen-bond acceptors (Lipinski definition) is 18. The number of nitrogens with zero attached hydrogens (tertiary/aromatic N) is 6. The zero-order valence-electron chi connectivity index (χ0n) is 39.4. The molecular formula is C45H62ClF2N11O9S2. The number of carbonyl (C=O) groups is 2. The van der Waals surface area contributed by atoms with Crippen LogP contribution in [0.15, 0.2) is 48.8 Å². The van der Waals surface area contributed by atoms with E-state index in [2.05, 4.69) is 35.9 Å². The average molecular weight is 1040 g/mol. The van der Waals surface area contributed by atoms with Crippen molar-refractivity contribution in [2.24, 2.45) is 0 Å². The van der Waals surface area contributed by atoms with Gasteiger partial charge < -0.3 is 42.0 Å². The number of hydrogen-bond donors (Lipinski definition) is 6. The van der Waals surface area contributed by atoms with Gasteiger partial charge in [-0.05, 0) is 101 Å². The van der Waals surface area contributed by atoms with Crippen molar-refractivity contribution in [3.8, 4) is 11.5 Å². The molecule has 0 saturated carbocycles. The number of carbonyl (C=O) groups excluding carboxylic acids is 2. The number of anilines is 4. The Labute approximate surface area is 412 Å². The highest BCUT2D eigenvalue weighted by Crippen LogP contribution is 2.27. The molecule has 2 aromatic carbocycles. The topological polar surface area (TPSA) is 287 Å². The Morgan fingerprint density at radius 1 is 0.729 bits per heavy atom. The average Bonchev–Trinajstić information content (AvgIpc) is 3.33. The van der Waals surface area contributed by atoms with Crippen LogP contribution in [0.4, 0.5) is 32.3 Å². The quantitative estimate of drug-likeness (QED) is 0.0347. The van der Waals surface area contributed by atoms with E-state index in [9.17, 15) is 40.3 Å². The van der Waals surface area contributed by atoms with Crippen LogP contribution < -0.4 is 36.9 Å². The van der Waals surface area contributed by atoms with E-state index in [4.69, 9.17) is 32.5 Å². The molecule has 20 nitrogen and oxygen atoms in total. The number of sulfonamides is 2. The van der Waals surface area contributed by atoms with Gasteiger partial charge in [-0.1, -0.05) is 0 Å². The smallest absolute Gasteiger partial charge is 0.224 e. The van der Waals surface area contributed by atoms with Crippen molar-refractivity contribution in [2.75, 3.05) is 93.0 Å².